The summed E-state index contributed by atoms with van der Waals surface area (Å²) in [4.78, 5) is 5.36. The highest BCUT2D eigenvalue weighted by atomic mass is 32.2. The Balaban J connectivity index is 0.000000196. The van der Waals surface area contributed by atoms with Crippen molar-refractivity contribution in [3.05, 3.63) is 167 Å². The van der Waals surface area contributed by atoms with Crippen LogP contribution < -0.4 is 9.47 Å². The molecular formula is C57H60N2O6S2. The van der Waals surface area contributed by atoms with Crippen molar-refractivity contribution in [3.63, 3.8) is 0 Å². The molecule has 4 heterocycles. The number of aromatic hydroxyl groups is 4. The topological polar surface area (TPSA) is 106 Å². The van der Waals surface area contributed by atoms with Gasteiger partial charge in [-0.1, -0.05) is 68.7 Å². The summed E-state index contributed by atoms with van der Waals surface area (Å²) in [6.07, 6.45) is -2.26. The average molecular weight is 947 g/mol. The monoisotopic (exact) mass is 946 g/mol. The van der Waals surface area contributed by atoms with Gasteiger partial charge in [0.2, 0.25) is 0 Å². The lowest BCUT2D eigenvalue weighted by Crippen LogP contribution is -2.49. The van der Waals surface area contributed by atoms with Gasteiger partial charge in [0.05, 0.1) is 5.48 Å². The predicted molar refractivity (Wildman–Crippen MR) is 274 cm³/mol. The fraction of sp³-hybridized carbons (Fsp3) is 0.298. The molecule has 2 atom stereocenters. The number of phenolic OH excluding ortho intramolecular Hbond substituents is 4. The van der Waals surface area contributed by atoms with E-state index in [1.807, 2.05) is 0 Å². The maximum absolute atomic E-state index is 10.1. The van der Waals surface area contributed by atoms with E-state index in [0.717, 1.165) is 26.2 Å². The third kappa shape index (κ3) is 10.5. The maximum atomic E-state index is 10.1. The second-order valence-electron chi connectivity index (χ2n) is 16.7. The van der Waals surface area contributed by atoms with Crippen LogP contribution in [0.3, 0.4) is 0 Å². The number of nitrogens with zero attached hydrogens (tertiary/aromatic N) is 2. The minimum Gasteiger partial charge on any atom is -0.508 e. The molecule has 0 bridgehead atoms. The van der Waals surface area contributed by atoms with Crippen LogP contribution in [-0.4, -0.2) is 80.0 Å². The summed E-state index contributed by atoms with van der Waals surface area (Å²) in [5.74, 6) is 0.253. The molecule has 4 aliphatic heterocycles. The highest BCUT2D eigenvalue weighted by Crippen LogP contribution is 2.49. The molecule has 4 N–H and O–H groups in total. The Kier molecular flexibility index (Phi) is 9.86. The Morgan fingerprint density at radius 3 is 1.40 bits per heavy atom. The van der Waals surface area contributed by atoms with Crippen molar-refractivity contribution in [2.75, 3.05) is 39.3 Å². The van der Waals surface area contributed by atoms with E-state index in [9.17, 15) is 20.4 Å². The number of phenols is 4. The average Bonchev–Trinajstić information content (AvgIpc) is 3.52. The first kappa shape index (κ1) is 32.1. The van der Waals surface area contributed by atoms with Gasteiger partial charge < -0.3 is 39.7 Å². The number of likely N-dealkylation sites (tertiary alicyclic amines) is 2. The fourth-order valence-corrected chi connectivity index (χ4v) is 10.8. The zero-order chi connectivity index (χ0) is 58.5. The molecule has 6 aromatic rings. The molecule has 2 fully saturated rings. The quantitative estimate of drug-likeness (QED) is 0.0894. The first-order valence-corrected chi connectivity index (χ1v) is 23.8. The van der Waals surface area contributed by atoms with Gasteiger partial charge in [0, 0.05) is 94.6 Å². The van der Waals surface area contributed by atoms with Gasteiger partial charge in [-0.2, -0.15) is 0 Å². The van der Waals surface area contributed by atoms with Crippen molar-refractivity contribution in [3.8, 4) is 34.5 Å². The van der Waals surface area contributed by atoms with Crippen LogP contribution in [0.4, 0.5) is 0 Å². The van der Waals surface area contributed by atoms with Crippen LogP contribution in [0.25, 0.3) is 22.3 Å². The molecule has 2 unspecified atom stereocenters. The number of ether oxygens (including phenoxy) is 2. The Morgan fingerprint density at radius 1 is 0.582 bits per heavy atom. The number of benzene rings is 6. The first-order chi connectivity index (χ1) is 38.1. The zero-order valence-corrected chi connectivity index (χ0v) is 38.4. The number of hydrogen-bond donors (Lipinski definition) is 4. The molecule has 8 nitrogen and oxygen atoms in total. The molecular weight excluding hydrogens is 873 g/mol. The Hall–Kier alpha value is -5.78. The molecule has 2 saturated heterocycles. The summed E-state index contributed by atoms with van der Waals surface area (Å²) in [5.41, 5.74) is 3.29. The first-order valence-electron chi connectivity index (χ1n) is 29.2. The SMILES string of the molecule is [2H]c1cc(C2Oc3cc(O)ccc3C(C([2H])([2H])[2H])=C2c2ccc(O)cc2)cc([2H])c1SC1CN(CCC([2H])([2H])C)C1.[2H]c1cc(C2Oc3cc(O)ccc3C(C([2H])([2H])[2H])=C2c2ccc(O)cc2)cc([2H])c1SC1CN(CCC([2H])[2H])C1. The highest BCUT2D eigenvalue weighted by molar-refractivity contribution is 8.00. The van der Waals surface area contributed by atoms with Crippen LogP contribution >= 0.6 is 23.5 Å². The number of hydrogen-bond acceptors (Lipinski definition) is 10. The lowest BCUT2D eigenvalue weighted by atomic mass is 9.86. The molecule has 0 aliphatic carbocycles. The van der Waals surface area contributed by atoms with Gasteiger partial charge in [0.1, 0.15) is 46.7 Å². The van der Waals surface area contributed by atoms with Crippen LogP contribution in [0.1, 0.15) is 111 Å². The lowest BCUT2D eigenvalue weighted by molar-refractivity contribution is 0.188. The van der Waals surface area contributed by atoms with E-state index in [1.165, 1.54) is 84.2 Å². The molecule has 0 aromatic heterocycles. The van der Waals surface area contributed by atoms with Crippen molar-refractivity contribution in [1.82, 2.24) is 9.80 Å². The van der Waals surface area contributed by atoms with Crippen molar-refractivity contribution >= 4 is 45.8 Å². The second kappa shape index (κ2) is 20.6. The minimum atomic E-state index is -2.56. The van der Waals surface area contributed by atoms with Gasteiger partial charge >= 0.3 is 0 Å². The Morgan fingerprint density at radius 2 is 1.00 bits per heavy atom. The molecule has 346 valence electrons. The van der Waals surface area contributed by atoms with E-state index in [4.69, 9.17) is 28.7 Å². The summed E-state index contributed by atoms with van der Waals surface area (Å²) in [5, 5.41) is 40.4. The minimum absolute atomic E-state index is 0.0228. The van der Waals surface area contributed by atoms with Crippen LogP contribution in [0.2, 0.25) is 0 Å². The number of rotatable bonds is 13. The third-order valence-electron chi connectivity index (χ3n) is 12.0. The summed E-state index contributed by atoms with van der Waals surface area (Å²) >= 11 is 2.91. The van der Waals surface area contributed by atoms with Crippen molar-refractivity contribution in [1.29, 1.82) is 0 Å². The van der Waals surface area contributed by atoms with Crippen LogP contribution in [0.15, 0.2) is 143 Å². The van der Waals surface area contributed by atoms with E-state index >= 15 is 0 Å². The van der Waals surface area contributed by atoms with E-state index in [2.05, 4.69) is 9.80 Å². The van der Waals surface area contributed by atoms with Gasteiger partial charge in [-0.3, -0.25) is 0 Å². The standard InChI is InChI=1S/C29H31NO3S.C28H29NO3S/c1-3-4-15-30-17-25(18-30)34-24-12-7-21(8-13-24)29-28(20-5-9-22(31)10-6-20)19(2)26-14-11-23(32)16-27(26)33-29;1-3-14-29-16-24(17-29)33-23-11-6-20(7-12-23)28-27(19-4-8-21(30)9-5-19)18(2)25-13-10-22(31)15-26(25)32-28/h5-14,16,25,29,31-32H,3-4,15,17-18H2,1-2H3;4-13,15,24,28,30-31H,3,14,16-17H2,1-2H3/i2D3,3D2,12D,13D;1D2,2D3,11D,12D. The van der Waals surface area contributed by atoms with Gasteiger partial charge in [0.15, 0.2) is 0 Å². The second-order valence-corrected chi connectivity index (χ2v) is 19.4. The summed E-state index contributed by atoms with van der Waals surface area (Å²) < 4.78 is 128. The smallest absolute Gasteiger partial charge is 0.150 e. The Bertz CT molecular complexity index is 3310. The molecule has 0 spiro atoms. The highest BCUT2D eigenvalue weighted by Gasteiger charge is 2.33. The fourth-order valence-electron chi connectivity index (χ4n) is 8.44. The van der Waals surface area contributed by atoms with E-state index in [-0.39, 0.29) is 80.3 Å². The van der Waals surface area contributed by atoms with E-state index < -0.39 is 39.2 Å². The van der Waals surface area contributed by atoms with Crippen LogP contribution in [-0.2, 0) is 0 Å². The molecule has 10 rings (SSSR count). The van der Waals surface area contributed by atoms with Gasteiger partial charge in [-0.05, 0) is 146 Å². The van der Waals surface area contributed by atoms with Crippen LogP contribution in [0.5, 0.6) is 34.5 Å². The summed E-state index contributed by atoms with van der Waals surface area (Å²) in [6, 6.07) is 27.7. The Labute approximate surface area is 423 Å². The van der Waals surface area contributed by atoms with Crippen molar-refractivity contribution < 1.29 is 49.1 Å². The maximum Gasteiger partial charge on any atom is 0.150 e. The predicted octanol–water partition coefficient (Wildman–Crippen LogP) is 13.1. The van der Waals surface area contributed by atoms with E-state index in [1.54, 1.807) is 55.5 Å². The summed E-state index contributed by atoms with van der Waals surface area (Å²) in [6.45, 7) is -0.00859. The number of thioether (sulfide) groups is 2. The molecule has 0 radical (unpaired) electrons. The molecule has 4 aliphatic rings. The molecule has 10 heteroatoms. The number of allylic oxidation sites excluding steroid dienone is 2. The zero-order valence-electron chi connectivity index (χ0n) is 50.8. The van der Waals surface area contributed by atoms with Crippen LogP contribution in [0, 0.1) is 0 Å². The molecule has 67 heavy (non-hydrogen) atoms. The molecule has 0 amide bonds. The van der Waals surface area contributed by atoms with E-state index in [0.29, 0.717) is 80.2 Å². The lowest BCUT2D eigenvalue weighted by Gasteiger charge is -2.38. The molecule has 0 saturated carbocycles. The van der Waals surface area contributed by atoms with Gasteiger partial charge in [-0.15, -0.1) is 23.5 Å². The number of fused-ring (bicyclic) bond motifs is 2. The van der Waals surface area contributed by atoms with Gasteiger partial charge in [0.25, 0.3) is 0 Å². The third-order valence-corrected chi connectivity index (χ3v) is 14.2. The van der Waals surface area contributed by atoms with Gasteiger partial charge in [-0.25, -0.2) is 0 Å². The largest absolute Gasteiger partial charge is 0.508 e. The molecule has 6 aromatic carbocycles. The normalized spacial score (nSPS) is 22.1. The summed E-state index contributed by atoms with van der Waals surface area (Å²) in [7, 11) is 0. The van der Waals surface area contributed by atoms with Crippen molar-refractivity contribution in [2.45, 2.75) is 79.2 Å². The van der Waals surface area contributed by atoms with Crippen molar-refractivity contribution in [2.24, 2.45) is 0 Å².